The van der Waals surface area contributed by atoms with Gasteiger partial charge in [-0.25, -0.2) is 14.5 Å². The summed E-state index contributed by atoms with van der Waals surface area (Å²) in [6.07, 6.45) is 0. The lowest BCUT2D eigenvalue weighted by Gasteiger charge is -2.20. The maximum atomic E-state index is 12.3. The van der Waals surface area contributed by atoms with Crippen LogP contribution in [0, 0.1) is 0 Å². The molecule has 1 aliphatic heterocycles. The minimum atomic E-state index is -0.919. The molecule has 1 N–H and O–H groups in total. The van der Waals surface area contributed by atoms with Gasteiger partial charge in [-0.05, 0) is 19.4 Å². The summed E-state index contributed by atoms with van der Waals surface area (Å²) >= 11 is 0. The number of nitrogens with one attached hydrogen (secondary N) is 1. The van der Waals surface area contributed by atoms with E-state index < -0.39 is 24.0 Å². The van der Waals surface area contributed by atoms with Gasteiger partial charge in [0.2, 0.25) is 0 Å². The second-order valence-corrected chi connectivity index (χ2v) is 5.09. The Morgan fingerprint density at radius 3 is 2.52 bits per heavy atom. The second-order valence-electron chi connectivity index (χ2n) is 5.09. The van der Waals surface area contributed by atoms with Crippen LogP contribution in [0.3, 0.4) is 0 Å². The van der Waals surface area contributed by atoms with Crippen molar-refractivity contribution in [3.05, 3.63) is 35.9 Å². The lowest BCUT2D eigenvalue weighted by molar-refractivity contribution is -0.129. The Hall–Kier alpha value is -2.41. The molecule has 1 heterocycles. The first kappa shape index (κ1) is 17.0. The van der Waals surface area contributed by atoms with Gasteiger partial charge in [0, 0.05) is 13.1 Å². The van der Waals surface area contributed by atoms with Crippen LogP contribution < -0.4 is 5.32 Å². The molecule has 124 valence electrons. The second kappa shape index (κ2) is 7.73. The fourth-order valence-electron chi connectivity index (χ4n) is 2.41. The Bertz CT molecular complexity index is 576. The Morgan fingerprint density at radius 1 is 1.22 bits per heavy atom. The van der Waals surface area contributed by atoms with Crippen molar-refractivity contribution in [2.45, 2.75) is 26.5 Å². The minimum Gasteiger partial charge on any atom is -0.374 e. The number of carbonyl (C=O) groups is 3. The van der Waals surface area contributed by atoms with Crippen LogP contribution in [0.2, 0.25) is 0 Å². The molecule has 23 heavy (non-hydrogen) atoms. The molecule has 1 fully saturated rings. The highest BCUT2D eigenvalue weighted by Gasteiger charge is 2.47. The summed E-state index contributed by atoms with van der Waals surface area (Å²) in [6.45, 7) is 4.34. The number of carbonyl (C=O) groups excluding carboxylic acids is 3. The van der Waals surface area contributed by atoms with Gasteiger partial charge in [0.1, 0.15) is 6.04 Å². The molecule has 0 unspecified atom stereocenters. The quantitative estimate of drug-likeness (QED) is 0.808. The third-order valence-electron chi connectivity index (χ3n) is 3.55. The third-order valence-corrected chi connectivity index (χ3v) is 3.55. The molecule has 7 nitrogen and oxygen atoms in total. The van der Waals surface area contributed by atoms with Crippen LogP contribution in [-0.2, 0) is 16.1 Å². The maximum Gasteiger partial charge on any atom is 0.335 e. The lowest BCUT2D eigenvalue weighted by atomic mass is 10.2. The molecule has 1 aliphatic rings. The van der Waals surface area contributed by atoms with E-state index >= 15 is 0 Å². The summed E-state index contributed by atoms with van der Waals surface area (Å²) in [5.74, 6) is -0.406. The number of imide groups is 2. The topological polar surface area (TPSA) is 79.0 Å². The molecule has 1 saturated heterocycles. The van der Waals surface area contributed by atoms with Crippen molar-refractivity contribution < 1.29 is 19.1 Å². The first-order chi connectivity index (χ1) is 11.1. The molecule has 2 rings (SSSR count). The number of likely N-dealkylation sites (N-methyl/N-ethyl adjacent to an activating group) is 1. The van der Waals surface area contributed by atoms with Crippen LogP contribution in [0.5, 0.6) is 0 Å². The monoisotopic (exact) mass is 319 g/mol. The van der Waals surface area contributed by atoms with Crippen molar-refractivity contribution in [2.24, 2.45) is 0 Å². The van der Waals surface area contributed by atoms with Crippen molar-refractivity contribution >= 4 is 18.0 Å². The Balaban J connectivity index is 2.05. The summed E-state index contributed by atoms with van der Waals surface area (Å²) in [6, 6.07) is 7.40. The summed E-state index contributed by atoms with van der Waals surface area (Å²) < 4.78 is 5.55. The van der Waals surface area contributed by atoms with Crippen molar-refractivity contribution in [3.63, 3.8) is 0 Å². The number of hydrogen-bond acceptors (Lipinski definition) is 4. The number of benzene rings is 1. The zero-order valence-corrected chi connectivity index (χ0v) is 13.3. The summed E-state index contributed by atoms with van der Waals surface area (Å²) in [5.41, 5.74) is 0.959. The fourth-order valence-corrected chi connectivity index (χ4v) is 2.41. The van der Waals surface area contributed by atoms with Gasteiger partial charge >= 0.3 is 12.1 Å². The van der Waals surface area contributed by atoms with Crippen molar-refractivity contribution in [1.29, 1.82) is 0 Å². The SMILES string of the molecule is CCNC(=O)N1C(=O)N(CC)C(=O)[C@@H]1COCc1ccccc1. The molecule has 5 amide bonds. The standard InChI is InChI=1S/C16H21N3O4/c1-3-17-15(21)19-13(14(20)18(4-2)16(19)22)11-23-10-12-8-6-5-7-9-12/h5-9,13H,3-4,10-11H2,1-2H3,(H,17,21)/t13-/m0/s1. The van der Waals surface area contributed by atoms with E-state index in [0.717, 1.165) is 15.4 Å². The average molecular weight is 319 g/mol. The first-order valence-corrected chi connectivity index (χ1v) is 7.64. The van der Waals surface area contributed by atoms with E-state index in [2.05, 4.69) is 5.32 Å². The highest BCUT2D eigenvalue weighted by molar-refractivity contribution is 6.11. The zero-order valence-electron chi connectivity index (χ0n) is 13.3. The zero-order chi connectivity index (χ0) is 16.8. The van der Waals surface area contributed by atoms with Gasteiger partial charge in [-0.1, -0.05) is 30.3 Å². The van der Waals surface area contributed by atoms with E-state index in [-0.39, 0.29) is 13.2 Å². The van der Waals surface area contributed by atoms with E-state index in [4.69, 9.17) is 4.74 Å². The number of rotatable bonds is 6. The summed E-state index contributed by atoms with van der Waals surface area (Å²) in [4.78, 5) is 38.6. The third kappa shape index (κ3) is 3.68. The predicted octanol–water partition coefficient (Wildman–Crippen LogP) is 1.59. The highest BCUT2D eigenvalue weighted by atomic mass is 16.5. The number of urea groups is 2. The maximum absolute atomic E-state index is 12.3. The first-order valence-electron chi connectivity index (χ1n) is 7.64. The molecule has 1 aromatic carbocycles. The van der Waals surface area contributed by atoms with Gasteiger partial charge in [0.05, 0.1) is 13.2 Å². The molecular weight excluding hydrogens is 298 g/mol. The van der Waals surface area contributed by atoms with Gasteiger partial charge in [0.25, 0.3) is 5.91 Å². The molecule has 0 bridgehead atoms. The van der Waals surface area contributed by atoms with Crippen LogP contribution in [0.1, 0.15) is 19.4 Å². The largest absolute Gasteiger partial charge is 0.374 e. The summed E-state index contributed by atoms with van der Waals surface area (Å²) in [5, 5.41) is 2.55. The normalized spacial score (nSPS) is 17.7. The molecule has 1 atom stereocenters. The summed E-state index contributed by atoms with van der Waals surface area (Å²) in [7, 11) is 0. The van der Waals surface area contributed by atoms with Gasteiger partial charge in [0.15, 0.2) is 0 Å². The lowest BCUT2D eigenvalue weighted by Crippen LogP contribution is -2.48. The van der Waals surface area contributed by atoms with Crippen LogP contribution >= 0.6 is 0 Å². The molecule has 0 saturated carbocycles. The van der Waals surface area contributed by atoms with Gasteiger partial charge in [-0.2, -0.15) is 0 Å². The predicted molar refractivity (Wildman–Crippen MR) is 83.6 cm³/mol. The molecule has 0 aromatic heterocycles. The Morgan fingerprint density at radius 2 is 1.91 bits per heavy atom. The van der Waals surface area contributed by atoms with E-state index in [1.54, 1.807) is 13.8 Å². The van der Waals surface area contributed by atoms with Crippen LogP contribution in [0.4, 0.5) is 9.59 Å². The molecule has 0 radical (unpaired) electrons. The molecule has 0 aliphatic carbocycles. The molecule has 0 spiro atoms. The van der Waals surface area contributed by atoms with Crippen LogP contribution in [-0.4, -0.2) is 53.5 Å². The van der Waals surface area contributed by atoms with Crippen molar-refractivity contribution in [1.82, 2.24) is 15.1 Å². The van der Waals surface area contributed by atoms with E-state index in [1.807, 2.05) is 30.3 Å². The number of ether oxygens (including phenoxy) is 1. The molecule has 7 heteroatoms. The van der Waals surface area contributed by atoms with Gasteiger partial charge in [-0.3, -0.25) is 9.69 Å². The van der Waals surface area contributed by atoms with Gasteiger partial charge in [-0.15, -0.1) is 0 Å². The minimum absolute atomic E-state index is 0.0207. The van der Waals surface area contributed by atoms with Crippen molar-refractivity contribution in [2.75, 3.05) is 19.7 Å². The smallest absolute Gasteiger partial charge is 0.335 e. The Labute approximate surface area is 135 Å². The number of nitrogens with zero attached hydrogens (tertiary/aromatic N) is 2. The van der Waals surface area contributed by atoms with Crippen molar-refractivity contribution in [3.8, 4) is 0 Å². The van der Waals surface area contributed by atoms with Crippen LogP contribution in [0.15, 0.2) is 30.3 Å². The van der Waals surface area contributed by atoms with E-state index in [9.17, 15) is 14.4 Å². The number of hydrogen-bond donors (Lipinski definition) is 1. The molecule has 1 aromatic rings. The molecular formula is C16H21N3O4. The Kier molecular flexibility index (Phi) is 5.70. The van der Waals surface area contributed by atoms with E-state index in [0.29, 0.717) is 13.2 Å². The van der Waals surface area contributed by atoms with E-state index in [1.165, 1.54) is 0 Å². The fraction of sp³-hybridized carbons (Fsp3) is 0.438. The van der Waals surface area contributed by atoms with Crippen LogP contribution in [0.25, 0.3) is 0 Å². The highest BCUT2D eigenvalue weighted by Crippen LogP contribution is 2.18. The number of amides is 5. The van der Waals surface area contributed by atoms with Gasteiger partial charge < -0.3 is 10.1 Å². The average Bonchev–Trinajstić information content (AvgIpc) is 2.79.